The van der Waals surface area contributed by atoms with Crippen LogP contribution in [0.5, 0.6) is 0 Å². The van der Waals surface area contributed by atoms with Gasteiger partial charge in [0, 0.05) is 0 Å². The van der Waals surface area contributed by atoms with E-state index in [0.717, 1.165) is 0 Å². The lowest BCUT2D eigenvalue weighted by molar-refractivity contribution is 0.314. The Hall–Kier alpha value is -0.560. The normalized spacial score (nSPS) is 12.1. The Morgan fingerprint density at radius 1 is 0.316 bits per heavy atom. The first-order valence-electron chi connectivity index (χ1n) is 17.8. The number of rotatable bonds is 32. The Morgan fingerprint density at radius 3 is 0.842 bits per heavy atom. The maximum Gasteiger partial charge on any atom is -0.00218 e. The molecule has 0 bridgehead atoms. The summed E-state index contributed by atoms with van der Waals surface area (Å²) in [6.45, 7) is 7.19. The van der Waals surface area contributed by atoms with Crippen molar-refractivity contribution < 1.29 is 0 Å². The lowest BCUT2D eigenvalue weighted by atomic mass is 10.1. The Morgan fingerprint density at radius 2 is 0.553 bits per heavy atom. The van der Waals surface area contributed by atoms with E-state index in [-0.39, 0.29) is 0 Å². The quantitative estimate of drug-likeness (QED) is 0.0616. The molecule has 226 valence electrons. The molecule has 1 heteroatoms. The van der Waals surface area contributed by atoms with Crippen molar-refractivity contribution in [2.24, 2.45) is 0 Å². The van der Waals surface area contributed by atoms with E-state index in [1.807, 2.05) is 0 Å². The minimum atomic E-state index is 1.30. The maximum atomic E-state index is 2.57. The van der Waals surface area contributed by atoms with Crippen LogP contribution in [0.3, 0.4) is 0 Å². The average molecular weight is 532 g/mol. The highest BCUT2D eigenvalue weighted by atomic mass is 15.1. The van der Waals surface area contributed by atoms with Crippen molar-refractivity contribution in [1.29, 1.82) is 0 Å². The van der Waals surface area contributed by atoms with Crippen molar-refractivity contribution in [2.75, 3.05) is 20.1 Å². The molecule has 0 spiro atoms. The van der Waals surface area contributed by atoms with Crippen molar-refractivity contribution in [1.82, 2.24) is 4.90 Å². The monoisotopic (exact) mass is 532 g/mol. The topological polar surface area (TPSA) is 3.24 Å². The molecule has 0 rings (SSSR count). The fourth-order valence-corrected chi connectivity index (χ4v) is 5.37. The van der Waals surface area contributed by atoms with Crippen LogP contribution in [-0.4, -0.2) is 25.0 Å². The van der Waals surface area contributed by atoms with Crippen molar-refractivity contribution in [3.63, 3.8) is 0 Å². The molecule has 0 N–H and O–H groups in total. The van der Waals surface area contributed by atoms with Crippen LogP contribution in [0.15, 0.2) is 24.3 Å². The van der Waals surface area contributed by atoms with E-state index < -0.39 is 0 Å². The first kappa shape index (κ1) is 37.4. The molecule has 0 atom stereocenters. The summed E-state index contributed by atoms with van der Waals surface area (Å²) in [7, 11) is 2.33. The summed E-state index contributed by atoms with van der Waals surface area (Å²) in [5, 5.41) is 0. The first-order valence-corrected chi connectivity index (χ1v) is 17.8. The Kier molecular flexibility index (Phi) is 34.0. The third-order valence-corrected chi connectivity index (χ3v) is 8.10. The standard InChI is InChI=1S/C37H73N/c1-4-6-8-10-12-14-16-18-20-22-24-26-28-30-32-34-36-38(3)37-35-33-31-29-27-25-23-21-19-17-15-13-11-9-7-5-2/h18-21H,4-17,22-37H2,1-3H3/b20-18-,21-19-. The summed E-state index contributed by atoms with van der Waals surface area (Å²) in [5.74, 6) is 0. The van der Waals surface area contributed by atoms with Gasteiger partial charge in [0.25, 0.3) is 0 Å². The van der Waals surface area contributed by atoms with Gasteiger partial charge in [-0.3, -0.25) is 0 Å². The number of unbranched alkanes of at least 4 members (excludes halogenated alkanes) is 24. The highest BCUT2D eigenvalue weighted by molar-refractivity contribution is 4.82. The zero-order valence-electron chi connectivity index (χ0n) is 27.0. The minimum absolute atomic E-state index is 1.30. The van der Waals surface area contributed by atoms with Gasteiger partial charge in [0.2, 0.25) is 0 Å². The summed E-state index contributed by atoms with van der Waals surface area (Å²) in [6.07, 6.45) is 48.9. The summed E-state index contributed by atoms with van der Waals surface area (Å²) < 4.78 is 0. The van der Waals surface area contributed by atoms with E-state index in [1.54, 1.807) is 0 Å². The lowest BCUT2D eigenvalue weighted by Crippen LogP contribution is -2.20. The predicted octanol–water partition coefficient (Wildman–Crippen LogP) is 13.0. The number of allylic oxidation sites excluding steroid dienone is 4. The summed E-state index contributed by atoms with van der Waals surface area (Å²) >= 11 is 0. The third-order valence-electron chi connectivity index (χ3n) is 8.10. The molecule has 0 heterocycles. The van der Waals surface area contributed by atoms with Crippen LogP contribution in [0, 0.1) is 0 Å². The van der Waals surface area contributed by atoms with Crippen LogP contribution in [-0.2, 0) is 0 Å². The van der Waals surface area contributed by atoms with Gasteiger partial charge >= 0.3 is 0 Å². The predicted molar refractivity (Wildman–Crippen MR) is 176 cm³/mol. The van der Waals surface area contributed by atoms with Crippen LogP contribution >= 0.6 is 0 Å². The Bertz CT molecular complexity index is 423. The highest BCUT2D eigenvalue weighted by Gasteiger charge is 1.99. The molecule has 0 aliphatic rings. The van der Waals surface area contributed by atoms with Crippen LogP contribution in [0.25, 0.3) is 0 Å². The van der Waals surface area contributed by atoms with E-state index in [4.69, 9.17) is 0 Å². The molecular weight excluding hydrogens is 458 g/mol. The van der Waals surface area contributed by atoms with E-state index in [2.05, 4.69) is 50.1 Å². The molecule has 0 radical (unpaired) electrons. The fourth-order valence-electron chi connectivity index (χ4n) is 5.37. The molecule has 0 amide bonds. The smallest absolute Gasteiger partial charge is 0.00218 e. The van der Waals surface area contributed by atoms with Gasteiger partial charge in [0.15, 0.2) is 0 Å². The van der Waals surface area contributed by atoms with E-state index >= 15 is 0 Å². The number of hydrogen-bond donors (Lipinski definition) is 0. The molecular formula is C37H73N. The van der Waals surface area contributed by atoms with Gasteiger partial charge in [-0.25, -0.2) is 0 Å². The molecule has 0 saturated heterocycles. The Labute approximate surface area is 242 Å². The van der Waals surface area contributed by atoms with Gasteiger partial charge in [0.05, 0.1) is 0 Å². The summed E-state index contributed by atoms with van der Waals surface area (Å²) in [6, 6.07) is 0. The third kappa shape index (κ3) is 33.5. The van der Waals surface area contributed by atoms with Gasteiger partial charge in [-0.1, -0.05) is 154 Å². The van der Waals surface area contributed by atoms with Crippen LogP contribution < -0.4 is 0 Å². The van der Waals surface area contributed by atoms with E-state index in [1.165, 1.54) is 193 Å². The minimum Gasteiger partial charge on any atom is -0.306 e. The van der Waals surface area contributed by atoms with Gasteiger partial charge in [-0.05, 0) is 84.3 Å². The fraction of sp³-hybridized carbons (Fsp3) is 0.892. The molecule has 0 aliphatic carbocycles. The zero-order valence-corrected chi connectivity index (χ0v) is 27.0. The lowest BCUT2D eigenvalue weighted by Gasteiger charge is -2.16. The first-order chi connectivity index (χ1) is 18.8. The van der Waals surface area contributed by atoms with E-state index in [9.17, 15) is 0 Å². The Balaban J connectivity index is 3.22. The SMILES string of the molecule is CCCCCCCC/C=C\CCCCCCCCN(C)CCCCCCCC/C=C\CCCCCCCC. The van der Waals surface area contributed by atoms with Gasteiger partial charge in [-0.2, -0.15) is 0 Å². The number of nitrogens with zero attached hydrogens (tertiary/aromatic N) is 1. The van der Waals surface area contributed by atoms with Crippen LogP contribution in [0.2, 0.25) is 0 Å². The molecule has 0 aromatic rings. The second-order valence-corrected chi connectivity index (χ2v) is 12.2. The zero-order chi connectivity index (χ0) is 27.6. The van der Waals surface area contributed by atoms with Gasteiger partial charge < -0.3 is 4.90 Å². The molecule has 0 aliphatic heterocycles. The van der Waals surface area contributed by atoms with Crippen molar-refractivity contribution >= 4 is 0 Å². The van der Waals surface area contributed by atoms with Gasteiger partial charge in [-0.15, -0.1) is 0 Å². The average Bonchev–Trinajstić information content (AvgIpc) is 2.92. The van der Waals surface area contributed by atoms with Crippen molar-refractivity contribution in [3.05, 3.63) is 24.3 Å². The second kappa shape index (κ2) is 34.5. The van der Waals surface area contributed by atoms with Crippen LogP contribution in [0.1, 0.15) is 194 Å². The second-order valence-electron chi connectivity index (χ2n) is 12.2. The number of hydrogen-bond acceptors (Lipinski definition) is 1. The maximum absolute atomic E-state index is 2.57. The summed E-state index contributed by atoms with van der Waals surface area (Å²) in [4.78, 5) is 2.57. The highest BCUT2D eigenvalue weighted by Crippen LogP contribution is 2.12. The molecule has 0 aromatic heterocycles. The summed E-state index contributed by atoms with van der Waals surface area (Å²) in [5.41, 5.74) is 0. The van der Waals surface area contributed by atoms with E-state index in [0.29, 0.717) is 0 Å². The molecule has 0 aromatic carbocycles. The van der Waals surface area contributed by atoms with Gasteiger partial charge in [0.1, 0.15) is 0 Å². The van der Waals surface area contributed by atoms with Crippen molar-refractivity contribution in [3.8, 4) is 0 Å². The molecule has 38 heavy (non-hydrogen) atoms. The molecule has 1 nitrogen and oxygen atoms in total. The molecule has 0 unspecified atom stereocenters. The molecule has 0 saturated carbocycles. The van der Waals surface area contributed by atoms with Crippen molar-refractivity contribution in [2.45, 2.75) is 194 Å². The largest absolute Gasteiger partial charge is 0.306 e. The van der Waals surface area contributed by atoms with Crippen LogP contribution in [0.4, 0.5) is 0 Å². The molecule has 0 fully saturated rings.